The van der Waals surface area contributed by atoms with Gasteiger partial charge in [0, 0.05) is 29.7 Å². The van der Waals surface area contributed by atoms with Crippen molar-refractivity contribution in [1.29, 1.82) is 0 Å². The molecule has 0 fully saturated rings. The molecule has 2 rings (SSSR count). The summed E-state index contributed by atoms with van der Waals surface area (Å²) in [5, 5.41) is 2.96. The number of halogens is 3. The van der Waals surface area contributed by atoms with E-state index in [1.54, 1.807) is 6.92 Å². The van der Waals surface area contributed by atoms with Gasteiger partial charge in [0.2, 0.25) is 5.91 Å². The number of carbonyl (C=O) groups is 1. The van der Waals surface area contributed by atoms with Crippen LogP contribution >= 0.6 is 0 Å². The standard InChI is InChI=1S/C23H30N2O.CHF3O3S/c1-4-25(18-21-12-7-5-8-13-21,19-22-14-9-6-10-15-22)17-11-16-24-23(26)20(2)3;2-1(3,4)8(5,6)7/h5-10,12-15H,2,4,11,16-19H2,1,3H3;(H,5,6,7). The van der Waals surface area contributed by atoms with Crippen LogP contribution in [0.4, 0.5) is 13.2 Å². The van der Waals surface area contributed by atoms with E-state index in [0.717, 1.165) is 37.1 Å². The van der Waals surface area contributed by atoms with Gasteiger partial charge in [-0.15, -0.1) is 0 Å². The number of nitrogens with zero attached hydrogens (tertiary/aromatic N) is 1. The molecule has 0 saturated carbocycles. The molecule has 34 heavy (non-hydrogen) atoms. The van der Waals surface area contributed by atoms with Crippen LogP contribution < -0.4 is 5.32 Å². The Bertz CT molecular complexity index is 970. The Kier molecular flexibility index (Phi) is 11.4. The fourth-order valence-corrected chi connectivity index (χ4v) is 3.30. The van der Waals surface area contributed by atoms with Gasteiger partial charge in [0.25, 0.3) is 0 Å². The molecule has 0 aliphatic carbocycles. The first-order valence-corrected chi connectivity index (χ1v) is 12.1. The highest BCUT2D eigenvalue weighted by atomic mass is 32.2. The summed E-state index contributed by atoms with van der Waals surface area (Å²) >= 11 is 0. The van der Waals surface area contributed by atoms with Gasteiger partial charge in [0.05, 0.1) is 13.1 Å². The van der Waals surface area contributed by atoms with Gasteiger partial charge in [0.1, 0.15) is 13.1 Å². The van der Waals surface area contributed by atoms with Gasteiger partial charge >= 0.3 is 5.51 Å². The zero-order valence-corrected chi connectivity index (χ0v) is 20.2. The molecule has 2 aromatic carbocycles. The minimum absolute atomic E-state index is 0.0503. The Morgan fingerprint density at radius 1 is 1.00 bits per heavy atom. The van der Waals surface area contributed by atoms with Gasteiger partial charge in [-0.1, -0.05) is 67.2 Å². The van der Waals surface area contributed by atoms with E-state index in [0.29, 0.717) is 12.1 Å². The molecule has 0 saturated heterocycles. The summed E-state index contributed by atoms with van der Waals surface area (Å²) in [5.41, 5.74) is -2.37. The van der Waals surface area contributed by atoms with Crippen molar-refractivity contribution in [2.75, 3.05) is 19.6 Å². The third-order valence-electron chi connectivity index (χ3n) is 5.16. The van der Waals surface area contributed by atoms with E-state index in [1.165, 1.54) is 11.1 Å². The van der Waals surface area contributed by atoms with Crippen molar-refractivity contribution in [2.45, 2.75) is 38.9 Å². The highest BCUT2D eigenvalue weighted by Crippen LogP contribution is 2.21. The van der Waals surface area contributed by atoms with Crippen LogP contribution in [0.1, 0.15) is 31.4 Å². The number of hydrogen-bond acceptors (Lipinski definition) is 4. The first kappa shape index (κ1) is 29.3. The number of quaternary nitrogens is 1. The summed E-state index contributed by atoms with van der Waals surface area (Å²) in [6.45, 7) is 12.5. The van der Waals surface area contributed by atoms with E-state index < -0.39 is 15.6 Å². The topological polar surface area (TPSA) is 86.3 Å². The molecule has 0 atom stereocenters. The monoisotopic (exact) mass is 500 g/mol. The van der Waals surface area contributed by atoms with E-state index >= 15 is 0 Å². The van der Waals surface area contributed by atoms with Crippen molar-refractivity contribution in [3.8, 4) is 0 Å². The number of nitrogens with one attached hydrogen (secondary N) is 1. The molecule has 0 spiro atoms. The molecular weight excluding hydrogens is 469 g/mol. The SMILES string of the molecule is C=C(C)C(=O)NCCC[N+](CC)(Cc1ccccc1)Cc1ccccc1.O=S(=O)([O-])C(F)(F)F. The summed E-state index contributed by atoms with van der Waals surface area (Å²) in [6, 6.07) is 21.4. The molecule has 0 unspecified atom stereocenters. The first-order chi connectivity index (χ1) is 15.8. The predicted molar refractivity (Wildman–Crippen MR) is 124 cm³/mol. The van der Waals surface area contributed by atoms with Crippen LogP contribution in [0.3, 0.4) is 0 Å². The second-order valence-corrected chi connectivity index (χ2v) is 9.33. The Morgan fingerprint density at radius 2 is 1.41 bits per heavy atom. The molecule has 0 aliphatic heterocycles. The predicted octanol–water partition coefficient (Wildman–Crippen LogP) is 4.36. The summed E-state index contributed by atoms with van der Waals surface area (Å²) in [7, 11) is -6.09. The highest BCUT2D eigenvalue weighted by molar-refractivity contribution is 7.86. The van der Waals surface area contributed by atoms with Gasteiger partial charge in [-0.3, -0.25) is 4.79 Å². The van der Waals surface area contributed by atoms with Crippen molar-refractivity contribution in [2.24, 2.45) is 0 Å². The van der Waals surface area contributed by atoms with E-state index in [-0.39, 0.29) is 5.91 Å². The smallest absolute Gasteiger partial charge is 0.485 e. The van der Waals surface area contributed by atoms with E-state index in [1.807, 2.05) is 0 Å². The lowest BCUT2D eigenvalue weighted by molar-refractivity contribution is -0.952. The van der Waals surface area contributed by atoms with Crippen molar-refractivity contribution < 1.29 is 35.4 Å². The maximum atomic E-state index is 11.7. The van der Waals surface area contributed by atoms with Crippen molar-refractivity contribution in [3.63, 3.8) is 0 Å². The normalized spacial score (nSPS) is 11.8. The average Bonchev–Trinajstić information content (AvgIpc) is 2.77. The second kappa shape index (κ2) is 13.3. The maximum Gasteiger partial charge on any atom is 0.485 e. The van der Waals surface area contributed by atoms with Crippen molar-refractivity contribution in [1.82, 2.24) is 5.32 Å². The van der Waals surface area contributed by atoms with Crippen molar-refractivity contribution >= 4 is 16.0 Å². The lowest BCUT2D eigenvalue weighted by atomic mass is 10.1. The summed E-state index contributed by atoms with van der Waals surface area (Å²) in [6.07, 6.45) is 0.951. The van der Waals surface area contributed by atoms with Gasteiger partial charge < -0.3 is 14.4 Å². The Labute approximate surface area is 199 Å². The fraction of sp³-hybridized carbons (Fsp3) is 0.375. The first-order valence-electron chi connectivity index (χ1n) is 10.7. The Morgan fingerprint density at radius 3 is 1.74 bits per heavy atom. The third-order valence-corrected chi connectivity index (χ3v) is 5.73. The van der Waals surface area contributed by atoms with Crippen LogP contribution in [0, 0.1) is 0 Å². The molecule has 0 aromatic heterocycles. The zero-order valence-electron chi connectivity index (χ0n) is 19.3. The number of hydrogen-bond donors (Lipinski definition) is 1. The Hall–Kier alpha value is -2.69. The van der Waals surface area contributed by atoms with E-state index in [2.05, 4.69) is 79.5 Å². The Balaban J connectivity index is 0.000000620. The zero-order chi connectivity index (χ0) is 25.8. The molecule has 2 aromatic rings. The molecule has 10 heteroatoms. The number of carbonyl (C=O) groups excluding carboxylic acids is 1. The van der Waals surface area contributed by atoms with Crippen molar-refractivity contribution in [3.05, 3.63) is 83.9 Å². The van der Waals surface area contributed by atoms with Crippen LogP contribution in [0.2, 0.25) is 0 Å². The summed E-state index contributed by atoms with van der Waals surface area (Å²) < 4.78 is 59.9. The van der Waals surface area contributed by atoms with Crippen LogP contribution in [0.25, 0.3) is 0 Å². The number of alkyl halides is 3. The fourth-order valence-electron chi connectivity index (χ4n) is 3.30. The number of amides is 1. The summed E-state index contributed by atoms with van der Waals surface area (Å²) in [5.74, 6) is -0.0503. The quantitative estimate of drug-likeness (QED) is 0.173. The van der Waals surface area contributed by atoms with Gasteiger partial charge in [-0.25, -0.2) is 8.42 Å². The van der Waals surface area contributed by atoms with Gasteiger partial charge in [0.15, 0.2) is 10.1 Å². The van der Waals surface area contributed by atoms with E-state index in [4.69, 9.17) is 13.0 Å². The largest absolute Gasteiger partial charge is 0.741 e. The molecular formula is C24H31F3N2O4S. The lowest BCUT2D eigenvalue weighted by Gasteiger charge is -2.38. The average molecular weight is 501 g/mol. The second-order valence-electron chi connectivity index (χ2n) is 7.96. The van der Waals surface area contributed by atoms with Gasteiger partial charge in [-0.2, -0.15) is 13.2 Å². The molecule has 0 heterocycles. The minimum atomic E-state index is -6.09. The molecule has 0 aliphatic rings. The van der Waals surface area contributed by atoms with Crippen LogP contribution in [0.5, 0.6) is 0 Å². The third kappa shape index (κ3) is 10.5. The number of rotatable bonds is 10. The lowest BCUT2D eigenvalue weighted by Crippen LogP contribution is -2.47. The molecule has 1 amide bonds. The van der Waals surface area contributed by atoms with Crippen LogP contribution in [-0.4, -0.2) is 48.5 Å². The van der Waals surface area contributed by atoms with Crippen LogP contribution in [0.15, 0.2) is 72.8 Å². The molecule has 1 N–H and O–H groups in total. The number of benzene rings is 2. The minimum Gasteiger partial charge on any atom is -0.741 e. The summed E-state index contributed by atoms with van der Waals surface area (Å²) in [4.78, 5) is 11.7. The molecule has 0 radical (unpaired) electrons. The van der Waals surface area contributed by atoms with E-state index in [9.17, 15) is 18.0 Å². The molecule has 188 valence electrons. The van der Waals surface area contributed by atoms with Gasteiger partial charge in [-0.05, 0) is 13.8 Å². The highest BCUT2D eigenvalue weighted by Gasteiger charge is 2.37. The van der Waals surface area contributed by atoms with Crippen LogP contribution in [-0.2, 0) is 28.0 Å². The molecule has 6 nitrogen and oxygen atoms in total. The maximum absolute atomic E-state index is 11.7. The molecule has 0 bridgehead atoms.